The average molecular weight is 361 g/mol. The second kappa shape index (κ2) is 6.71. The van der Waals surface area contributed by atoms with Gasteiger partial charge in [-0.2, -0.15) is 5.10 Å². The molecule has 26 heavy (non-hydrogen) atoms. The normalized spacial score (nSPS) is 21.9. The van der Waals surface area contributed by atoms with E-state index in [1.54, 1.807) is 4.90 Å². The molecule has 0 bridgehead atoms. The summed E-state index contributed by atoms with van der Waals surface area (Å²) in [4.78, 5) is 38.5. The van der Waals surface area contributed by atoms with Gasteiger partial charge in [-0.25, -0.2) is 4.79 Å². The highest BCUT2D eigenvalue weighted by molar-refractivity contribution is 6.04. The number of fused-ring (bicyclic) bond motifs is 1. The fourth-order valence-corrected chi connectivity index (χ4v) is 3.69. The number of amides is 4. The Labute approximate surface area is 150 Å². The summed E-state index contributed by atoms with van der Waals surface area (Å²) in [6.45, 7) is 1.30. The summed E-state index contributed by atoms with van der Waals surface area (Å²) < 4.78 is 1.86. The maximum absolute atomic E-state index is 12.6. The monoisotopic (exact) mass is 361 g/mol. The van der Waals surface area contributed by atoms with Gasteiger partial charge >= 0.3 is 6.03 Å². The zero-order valence-corrected chi connectivity index (χ0v) is 14.6. The van der Waals surface area contributed by atoms with Gasteiger partial charge < -0.3 is 15.3 Å². The van der Waals surface area contributed by atoms with Crippen LogP contribution in [0.5, 0.6) is 0 Å². The second-order valence-corrected chi connectivity index (χ2v) is 7.23. The van der Waals surface area contributed by atoms with Crippen LogP contribution in [0.1, 0.15) is 43.2 Å². The van der Waals surface area contributed by atoms with E-state index in [9.17, 15) is 19.5 Å². The molecule has 2 fully saturated rings. The molecular weight excluding hydrogens is 338 g/mol. The van der Waals surface area contributed by atoms with Crippen LogP contribution in [0.4, 0.5) is 4.79 Å². The van der Waals surface area contributed by atoms with Crippen molar-refractivity contribution in [3.05, 3.63) is 17.5 Å². The highest BCUT2D eigenvalue weighted by Crippen LogP contribution is 2.37. The van der Waals surface area contributed by atoms with Crippen molar-refractivity contribution in [2.75, 3.05) is 19.6 Å². The molecule has 0 unspecified atom stereocenters. The highest BCUT2D eigenvalue weighted by atomic mass is 16.3. The fraction of sp³-hybridized carbons (Fsp3) is 0.647. The van der Waals surface area contributed by atoms with E-state index in [4.69, 9.17) is 0 Å². The van der Waals surface area contributed by atoms with Crippen molar-refractivity contribution in [3.8, 4) is 0 Å². The molecule has 140 valence electrons. The van der Waals surface area contributed by atoms with Crippen LogP contribution >= 0.6 is 0 Å². The van der Waals surface area contributed by atoms with Crippen LogP contribution in [0, 0.1) is 5.92 Å². The number of nitrogens with zero attached hydrogens (tertiary/aromatic N) is 4. The molecule has 1 aliphatic carbocycles. The van der Waals surface area contributed by atoms with Crippen molar-refractivity contribution < 1.29 is 19.5 Å². The predicted octanol–water partition coefficient (Wildman–Crippen LogP) is 0.000700. The van der Waals surface area contributed by atoms with Crippen molar-refractivity contribution in [2.45, 2.75) is 44.9 Å². The molecule has 9 nitrogen and oxygen atoms in total. The van der Waals surface area contributed by atoms with Gasteiger partial charge in [-0.1, -0.05) is 6.42 Å². The van der Waals surface area contributed by atoms with Crippen LogP contribution in [-0.2, 0) is 22.7 Å². The number of aliphatic hydroxyl groups is 1. The molecule has 0 aromatic carbocycles. The molecule has 0 radical (unpaired) electrons. The first-order valence-corrected chi connectivity index (χ1v) is 9.13. The number of aryl methyl sites for hydroxylation is 1. The molecule has 3 aliphatic rings. The molecular formula is C17H23N5O4. The van der Waals surface area contributed by atoms with Gasteiger partial charge in [-0.3, -0.25) is 19.2 Å². The smallest absolute Gasteiger partial charge is 0.325 e. The lowest BCUT2D eigenvalue weighted by Gasteiger charge is -2.29. The van der Waals surface area contributed by atoms with Crippen LogP contribution in [-0.4, -0.2) is 62.2 Å². The summed E-state index contributed by atoms with van der Waals surface area (Å²) in [5, 5.41) is 17.4. The third-order valence-corrected chi connectivity index (χ3v) is 5.52. The summed E-state index contributed by atoms with van der Waals surface area (Å²) in [7, 11) is 0. The van der Waals surface area contributed by atoms with Crippen molar-refractivity contribution >= 4 is 17.8 Å². The van der Waals surface area contributed by atoms with Crippen LogP contribution < -0.4 is 5.32 Å². The molecule has 9 heteroatoms. The third kappa shape index (κ3) is 3.07. The maximum Gasteiger partial charge on any atom is 0.325 e. The minimum atomic E-state index is -0.543. The number of rotatable bonds is 4. The van der Waals surface area contributed by atoms with E-state index in [2.05, 4.69) is 10.4 Å². The average Bonchev–Trinajstić information content (AvgIpc) is 3.03. The van der Waals surface area contributed by atoms with Crippen molar-refractivity contribution in [1.82, 2.24) is 24.9 Å². The molecule has 4 rings (SSSR count). The number of aromatic nitrogens is 2. The second-order valence-electron chi connectivity index (χ2n) is 7.23. The van der Waals surface area contributed by atoms with Gasteiger partial charge in [0.2, 0.25) is 5.91 Å². The molecule has 0 spiro atoms. The van der Waals surface area contributed by atoms with Crippen LogP contribution in [0.3, 0.4) is 0 Å². The van der Waals surface area contributed by atoms with Gasteiger partial charge in [0.15, 0.2) is 0 Å². The third-order valence-electron chi connectivity index (χ3n) is 5.52. The Morgan fingerprint density at radius 2 is 2.12 bits per heavy atom. The van der Waals surface area contributed by atoms with Gasteiger partial charge in [-0.05, 0) is 31.2 Å². The van der Waals surface area contributed by atoms with E-state index < -0.39 is 12.1 Å². The zero-order valence-electron chi connectivity index (χ0n) is 14.6. The van der Waals surface area contributed by atoms with Crippen molar-refractivity contribution in [2.24, 2.45) is 5.92 Å². The molecule has 2 aliphatic heterocycles. The first-order chi connectivity index (χ1) is 12.5. The Balaban J connectivity index is 1.45. The topological polar surface area (TPSA) is 108 Å². The minimum Gasteiger partial charge on any atom is -0.386 e. The van der Waals surface area contributed by atoms with E-state index in [-0.39, 0.29) is 30.8 Å². The van der Waals surface area contributed by atoms with Gasteiger partial charge in [0.1, 0.15) is 12.6 Å². The van der Waals surface area contributed by atoms with Crippen molar-refractivity contribution in [3.63, 3.8) is 0 Å². The Morgan fingerprint density at radius 3 is 2.77 bits per heavy atom. The van der Waals surface area contributed by atoms with E-state index in [1.165, 1.54) is 0 Å². The van der Waals surface area contributed by atoms with Crippen LogP contribution in [0.25, 0.3) is 0 Å². The van der Waals surface area contributed by atoms with E-state index >= 15 is 0 Å². The number of imide groups is 1. The maximum atomic E-state index is 12.6. The van der Waals surface area contributed by atoms with Crippen LogP contribution in [0.2, 0.25) is 0 Å². The molecule has 3 heterocycles. The number of hydrogen-bond donors (Lipinski definition) is 2. The van der Waals surface area contributed by atoms with E-state index in [1.807, 2.05) is 10.7 Å². The van der Waals surface area contributed by atoms with E-state index in [0.29, 0.717) is 25.3 Å². The largest absolute Gasteiger partial charge is 0.386 e. The minimum absolute atomic E-state index is 0.0543. The SMILES string of the molecule is O=C(CN1C(=O)CNC1=O)N1CCCn2nc([C@H](O)C3CCC3)cc2C1. The summed E-state index contributed by atoms with van der Waals surface area (Å²) in [6.07, 6.45) is 3.40. The lowest BCUT2D eigenvalue weighted by atomic mass is 9.80. The summed E-state index contributed by atoms with van der Waals surface area (Å²) in [6, 6.07) is 1.36. The molecule has 4 amide bonds. The standard InChI is InChI=1S/C17H23N5O4/c23-14-8-18-17(26)21(14)10-15(24)20-5-2-6-22-12(9-20)7-13(19-22)16(25)11-3-1-4-11/h7,11,16,25H,1-6,8-10H2,(H,18,26)/t16-/m1/s1. The fourth-order valence-electron chi connectivity index (χ4n) is 3.69. The Kier molecular flexibility index (Phi) is 4.39. The van der Waals surface area contributed by atoms with E-state index in [0.717, 1.165) is 36.3 Å². The number of nitrogens with one attached hydrogen (secondary N) is 1. The molecule has 1 saturated heterocycles. The number of carbonyl (C=O) groups is 3. The lowest BCUT2D eigenvalue weighted by Crippen LogP contribution is -2.42. The Hall–Kier alpha value is -2.42. The summed E-state index contributed by atoms with van der Waals surface area (Å²) in [5.41, 5.74) is 1.55. The molecule has 1 saturated carbocycles. The number of aliphatic hydroxyl groups excluding tert-OH is 1. The van der Waals surface area contributed by atoms with Gasteiger partial charge in [0, 0.05) is 13.1 Å². The number of carbonyl (C=O) groups excluding carboxylic acids is 3. The summed E-state index contributed by atoms with van der Waals surface area (Å²) in [5.74, 6) is -0.355. The first kappa shape index (κ1) is 17.0. The van der Waals surface area contributed by atoms with Gasteiger partial charge in [0.25, 0.3) is 5.91 Å². The molecule has 1 atom stereocenters. The quantitative estimate of drug-likeness (QED) is 0.734. The van der Waals surface area contributed by atoms with Gasteiger partial charge in [-0.15, -0.1) is 0 Å². The lowest BCUT2D eigenvalue weighted by molar-refractivity contribution is -0.136. The molecule has 1 aromatic rings. The zero-order chi connectivity index (χ0) is 18.3. The van der Waals surface area contributed by atoms with Gasteiger partial charge in [0.05, 0.1) is 24.5 Å². The first-order valence-electron chi connectivity index (χ1n) is 9.13. The number of hydrogen-bond acceptors (Lipinski definition) is 5. The summed E-state index contributed by atoms with van der Waals surface area (Å²) >= 11 is 0. The highest BCUT2D eigenvalue weighted by Gasteiger charge is 2.33. The van der Waals surface area contributed by atoms with Crippen molar-refractivity contribution in [1.29, 1.82) is 0 Å². The van der Waals surface area contributed by atoms with Crippen LogP contribution in [0.15, 0.2) is 6.07 Å². The molecule has 1 aromatic heterocycles. The Bertz CT molecular complexity index is 726. The predicted molar refractivity (Wildman–Crippen MR) is 89.7 cm³/mol. The molecule has 2 N–H and O–H groups in total. The Morgan fingerprint density at radius 1 is 1.31 bits per heavy atom. The number of urea groups is 1.